The fourth-order valence-electron chi connectivity index (χ4n) is 3.78. The first kappa shape index (κ1) is 23.1. The average molecular weight is 499 g/mol. The molecule has 0 fully saturated rings. The van der Waals surface area contributed by atoms with Gasteiger partial charge in [-0.2, -0.15) is 15.0 Å². The van der Waals surface area contributed by atoms with Crippen LogP contribution in [0.3, 0.4) is 0 Å². The molecule has 0 bridgehead atoms. The Morgan fingerprint density at radius 2 is 1.94 bits per heavy atom. The minimum atomic E-state index is -0.350. The molecule has 0 saturated heterocycles. The highest BCUT2D eigenvalue weighted by molar-refractivity contribution is 6.32. The molecule has 0 aliphatic carbocycles. The van der Waals surface area contributed by atoms with Crippen molar-refractivity contribution in [2.75, 3.05) is 13.2 Å². The van der Waals surface area contributed by atoms with Crippen LogP contribution in [0.5, 0.6) is 11.5 Å². The number of nitriles is 1. The van der Waals surface area contributed by atoms with Gasteiger partial charge in [0, 0.05) is 5.39 Å². The van der Waals surface area contributed by atoms with Gasteiger partial charge in [0.25, 0.3) is 5.56 Å². The molecule has 0 aliphatic rings. The van der Waals surface area contributed by atoms with Gasteiger partial charge in [-0.3, -0.25) is 4.79 Å². The number of aromatic nitrogens is 2. The van der Waals surface area contributed by atoms with Gasteiger partial charge in [0.1, 0.15) is 11.7 Å². The second-order valence-electron chi connectivity index (χ2n) is 7.67. The van der Waals surface area contributed by atoms with E-state index in [1.807, 2.05) is 49.4 Å². The molecule has 0 saturated carbocycles. The fraction of sp³-hybridized carbons (Fsp3) is 0.111. The molecule has 0 unspecified atom stereocenters. The van der Waals surface area contributed by atoms with Crippen molar-refractivity contribution in [1.29, 1.82) is 5.26 Å². The monoisotopic (exact) mass is 498 g/mol. The predicted octanol–water partition coefficient (Wildman–Crippen LogP) is 5.65. The molecule has 36 heavy (non-hydrogen) atoms. The number of benzene rings is 3. The van der Waals surface area contributed by atoms with Crippen LogP contribution >= 0.6 is 11.6 Å². The minimum Gasteiger partial charge on any atom is -0.490 e. The van der Waals surface area contributed by atoms with E-state index in [0.717, 1.165) is 5.39 Å². The Kier molecular flexibility index (Phi) is 6.39. The van der Waals surface area contributed by atoms with Crippen molar-refractivity contribution in [3.63, 3.8) is 0 Å². The summed E-state index contributed by atoms with van der Waals surface area (Å²) < 4.78 is 18.3. The third kappa shape index (κ3) is 4.40. The van der Waals surface area contributed by atoms with Crippen LogP contribution in [-0.2, 0) is 0 Å². The Morgan fingerprint density at radius 1 is 1.14 bits per heavy atom. The Bertz CT molecular complexity index is 1680. The molecule has 9 heteroatoms. The lowest BCUT2D eigenvalue weighted by Crippen LogP contribution is -2.20. The van der Waals surface area contributed by atoms with Crippen molar-refractivity contribution in [2.45, 2.75) is 6.92 Å². The zero-order chi connectivity index (χ0) is 25.1. The number of ether oxygens (including phenoxy) is 2. The van der Waals surface area contributed by atoms with Gasteiger partial charge < -0.3 is 13.9 Å². The van der Waals surface area contributed by atoms with E-state index in [1.54, 1.807) is 30.3 Å². The van der Waals surface area contributed by atoms with Crippen molar-refractivity contribution >= 4 is 39.7 Å². The minimum absolute atomic E-state index is 0.174. The number of furan rings is 1. The molecule has 0 aliphatic heterocycles. The summed E-state index contributed by atoms with van der Waals surface area (Å²) >= 11 is 6.40. The molecular formula is C27H19ClN4O4. The zero-order valence-electron chi connectivity index (χ0n) is 19.1. The number of rotatable bonds is 7. The lowest BCUT2D eigenvalue weighted by Gasteiger charge is -2.12. The predicted molar refractivity (Wildman–Crippen MR) is 138 cm³/mol. The van der Waals surface area contributed by atoms with Crippen LogP contribution in [0.4, 0.5) is 0 Å². The lowest BCUT2D eigenvalue weighted by atomic mass is 10.2. The van der Waals surface area contributed by atoms with Gasteiger partial charge >= 0.3 is 0 Å². The van der Waals surface area contributed by atoms with E-state index >= 15 is 0 Å². The van der Waals surface area contributed by atoms with Crippen LogP contribution in [0.25, 0.3) is 33.5 Å². The van der Waals surface area contributed by atoms with Crippen LogP contribution in [0.2, 0.25) is 5.02 Å². The van der Waals surface area contributed by atoms with E-state index in [-0.39, 0.29) is 28.8 Å². The molecule has 0 radical (unpaired) electrons. The van der Waals surface area contributed by atoms with E-state index in [0.29, 0.717) is 40.2 Å². The average Bonchev–Trinajstić information content (AvgIpc) is 3.32. The standard InChI is InChI=1S/C27H19ClN4O4/c1-2-34-23-14-17(13-20(28)25(23)35-12-11-29)16-30-32-26(24-15-18-7-3-6-10-22(18)36-24)31-21-9-5-4-8-19(21)27(32)33/h3-10,13-16H,2,12H2,1H3. The van der Waals surface area contributed by atoms with Crippen LogP contribution in [0, 0.1) is 11.3 Å². The highest BCUT2D eigenvalue weighted by Crippen LogP contribution is 2.36. The molecule has 8 nitrogen and oxygen atoms in total. The Hall–Kier alpha value is -4.61. The van der Waals surface area contributed by atoms with Crippen LogP contribution in [0.1, 0.15) is 12.5 Å². The lowest BCUT2D eigenvalue weighted by molar-refractivity contribution is 0.299. The van der Waals surface area contributed by atoms with Crippen molar-refractivity contribution in [2.24, 2.45) is 5.10 Å². The van der Waals surface area contributed by atoms with Gasteiger partial charge in [-0.05, 0) is 48.9 Å². The molecule has 178 valence electrons. The van der Waals surface area contributed by atoms with Crippen molar-refractivity contribution in [1.82, 2.24) is 9.66 Å². The highest BCUT2D eigenvalue weighted by atomic mass is 35.5. The molecule has 5 aromatic rings. The molecule has 2 aromatic heterocycles. The number of para-hydroxylation sites is 2. The van der Waals surface area contributed by atoms with Crippen LogP contribution < -0.4 is 15.0 Å². The Balaban J connectivity index is 1.65. The fourth-order valence-corrected chi connectivity index (χ4v) is 4.05. The molecule has 5 rings (SSSR count). The number of hydrogen-bond donors (Lipinski definition) is 0. The van der Waals surface area contributed by atoms with Crippen molar-refractivity contribution in [3.8, 4) is 29.2 Å². The van der Waals surface area contributed by atoms with Gasteiger partial charge in [0.15, 0.2) is 23.9 Å². The first-order chi connectivity index (χ1) is 17.6. The van der Waals surface area contributed by atoms with Crippen LogP contribution in [-0.4, -0.2) is 29.1 Å². The highest BCUT2D eigenvalue weighted by Gasteiger charge is 2.17. The Labute approximate surface area is 210 Å². The zero-order valence-corrected chi connectivity index (χ0v) is 19.9. The summed E-state index contributed by atoms with van der Waals surface area (Å²) in [5, 5.41) is 14.9. The van der Waals surface area contributed by atoms with E-state index in [1.165, 1.54) is 10.9 Å². The molecule has 0 amide bonds. The topological polar surface area (TPSA) is 103 Å². The maximum atomic E-state index is 13.4. The summed E-state index contributed by atoms with van der Waals surface area (Å²) in [4.78, 5) is 18.1. The molecule has 0 atom stereocenters. The SMILES string of the molecule is CCOc1cc(C=Nn2c(-c3cc4ccccc4o3)nc3ccccc3c2=O)cc(Cl)c1OCC#N. The third-order valence-electron chi connectivity index (χ3n) is 5.33. The number of halogens is 1. The number of nitrogens with zero attached hydrogens (tertiary/aromatic N) is 4. The molecule has 2 heterocycles. The second kappa shape index (κ2) is 9.94. The van der Waals surface area contributed by atoms with Gasteiger partial charge in [0.2, 0.25) is 5.82 Å². The summed E-state index contributed by atoms with van der Waals surface area (Å²) in [6.07, 6.45) is 1.48. The summed E-state index contributed by atoms with van der Waals surface area (Å²) in [6, 6.07) is 21.6. The van der Waals surface area contributed by atoms with Gasteiger partial charge in [0.05, 0.1) is 28.7 Å². The summed E-state index contributed by atoms with van der Waals surface area (Å²) in [5.74, 6) is 1.30. The first-order valence-corrected chi connectivity index (χ1v) is 11.5. The Morgan fingerprint density at radius 3 is 2.75 bits per heavy atom. The molecule has 0 spiro atoms. The maximum absolute atomic E-state index is 13.4. The van der Waals surface area contributed by atoms with Crippen LogP contribution in [0.15, 0.2) is 81.0 Å². The van der Waals surface area contributed by atoms with Gasteiger partial charge in [-0.25, -0.2) is 4.98 Å². The smallest absolute Gasteiger partial charge is 0.282 e. The van der Waals surface area contributed by atoms with Gasteiger partial charge in [-0.1, -0.05) is 41.9 Å². The van der Waals surface area contributed by atoms with E-state index in [9.17, 15) is 4.79 Å². The van der Waals surface area contributed by atoms with E-state index in [4.69, 9.17) is 30.8 Å². The third-order valence-corrected chi connectivity index (χ3v) is 5.62. The summed E-state index contributed by atoms with van der Waals surface area (Å²) in [7, 11) is 0. The van der Waals surface area contributed by atoms with Crippen molar-refractivity contribution in [3.05, 3.63) is 87.7 Å². The summed E-state index contributed by atoms with van der Waals surface area (Å²) in [6.45, 7) is 2.01. The molecule has 3 aromatic carbocycles. The molecule has 0 N–H and O–H groups in total. The van der Waals surface area contributed by atoms with E-state index < -0.39 is 0 Å². The largest absolute Gasteiger partial charge is 0.490 e. The summed E-state index contributed by atoms with van der Waals surface area (Å²) in [5.41, 5.74) is 1.41. The van der Waals surface area contributed by atoms with E-state index in [2.05, 4.69) is 10.1 Å². The number of hydrogen-bond acceptors (Lipinski definition) is 7. The van der Waals surface area contributed by atoms with Crippen molar-refractivity contribution < 1.29 is 13.9 Å². The second-order valence-corrected chi connectivity index (χ2v) is 8.08. The normalized spacial score (nSPS) is 11.2. The maximum Gasteiger partial charge on any atom is 0.282 e. The number of fused-ring (bicyclic) bond motifs is 2. The first-order valence-electron chi connectivity index (χ1n) is 11.1. The van der Waals surface area contributed by atoms with Gasteiger partial charge in [-0.15, -0.1) is 0 Å². The molecular weight excluding hydrogens is 480 g/mol. The quantitative estimate of drug-likeness (QED) is 0.269.